The van der Waals surface area contributed by atoms with Crippen LogP contribution in [0.2, 0.25) is 0 Å². The molecule has 0 bridgehead atoms. The molecule has 1 aromatic carbocycles. The van der Waals surface area contributed by atoms with Crippen LogP contribution in [0.3, 0.4) is 0 Å². The van der Waals surface area contributed by atoms with Crippen LogP contribution < -0.4 is 15.9 Å². The molecule has 3 N–H and O–H groups in total. The Bertz CT molecular complexity index is 454. The molecule has 0 amide bonds. The monoisotopic (exact) mass is 251 g/mol. The third-order valence-corrected chi connectivity index (χ3v) is 1.96. The summed E-state index contributed by atoms with van der Waals surface area (Å²) in [6.45, 7) is 3.17. The van der Waals surface area contributed by atoms with Gasteiger partial charge in [-0.25, -0.2) is 0 Å². The number of hydrogen-bond donors (Lipinski definition) is 2. The Morgan fingerprint density at radius 2 is 1.94 bits per heavy atom. The summed E-state index contributed by atoms with van der Waals surface area (Å²) in [5.41, 5.74) is 9.36. The largest absolute Gasteiger partial charge is 0.427 e. The van der Waals surface area contributed by atoms with E-state index < -0.39 is 0 Å². The van der Waals surface area contributed by atoms with E-state index in [0.717, 1.165) is 11.3 Å². The van der Waals surface area contributed by atoms with Crippen LogP contribution in [-0.4, -0.2) is 16.8 Å². The van der Waals surface area contributed by atoms with Gasteiger partial charge in [-0.3, -0.25) is 10.2 Å². The molecule has 0 aliphatic rings. The molecule has 0 heterocycles. The van der Waals surface area contributed by atoms with Crippen LogP contribution in [0.25, 0.3) is 0 Å². The molecule has 90 valence electrons. The quantitative estimate of drug-likeness (QED) is 0.277. The molecule has 0 saturated heterocycles. The summed E-state index contributed by atoms with van der Waals surface area (Å²) < 4.78 is 4.91. The van der Waals surface area contributed by atoms with Gasteiger partial charge in [0.2, 0.25) is 0 Å². The lowest BCUT2D eigenvalue weighted by Crippen LogP contribution is -2.25. The van der Waals surface area contributed by atoms with Crippen molar-refractivity contribution in [2.24, 2.45) is 10.8 Å². The van der Waals surface area contributed by atoms with E-state index in [4.69, 9.17) is 10.5 Å². The predicted octanol–water partition coefficient (Wildman–Crippen LogP) is 1.17. The fourth-order valence-corrected chi connectivity index (χ4v) is 1.18. The smallest absolute Gasteiger partial charge is 0.308 e. The van der Waals surface area contributed by atoms with Crippen molar-refractivity contribution in [3.05, 3.63) is 29.8 Å². The number of esters is 1. The van der Waals surface area contributed by atoms with E-state index in [0.29, 0.717) is 5.75 Å². The Labute approximate surface area is 105 Å². The maximum absolute atomic E-state index is 10.7. The van der Waals surface area contributed by atoms with Crippen LogP contribution in [0.15, 0.2) is 29.4 Å². The van der Waals surface area contributed by atoms with Gasteiger partial charge >= 0.3 is 5.97 Å². The maximum atomic E-state index is 10.7. The van der Waals surface area contributed by atoms with Crippen molar-refractivity contribution in [1.29, 1.82) is 0 Å². The predicted molar refractivity (Wildman–Crippen MR) is 69.9 cm³/mol. The minimum absolute atomic E-state index is 0.112. The number of nitrogens with zero attached hydrogens (tertiary/aromatic N) is 1. The first-order valence-corrected chi connectivity index (χ1v) is 5.28. The molecule has 0 spiro atoms. The first-order valence-electron chi connectivity index (χ1n) is 4.87. The lowest BCUT2D eigenvalue weighted by molar-refractivity contribution is -0.131. The highest BCUT2D eigenvalue weighted by molar-refractivity contribution is 7.80. The zero-order valence-electron chi connectivity index (χ0n) is 9.56. The average molecular weight is 251 g/mol. The van der Waals surface area contributed by atoms with E-state index in [9.17, 15) is 4.79 Å². The number of carbonyl (C=O) groups is 1. The summed E-state index contributed by atoms with van der Waals surface area (Å²) in [6, 6.07) is 6.96. The number of benzene rings is 1. The number of rotatable bonds is 3. The number of carbonyl (C=O) groups excluding carboxylic acids is 1. The minimum atomic E-state index is -0.349. The maximum Gasteiger partial charge on any atom is 0.308 e. The number of nitrogens with one attached hydrogen (secondary N) is 1. The van der Waals surface area contributed by atoms with Gasteiger partial charge in [0.25, 0.3) is 0 Å². The molecule has 6 heteroatoms. The van der Waals surface area contributed by atoms with E-state index in [1.54, 1.807) is 24.3 Å². The number of hydrazone groups is 1. The molecule has 17 heavy (non-hydrogen) atoms. The second-order valence-corrected chi connectivity index (χ2v) is 3.73. The van der Waals surface area contributed by atoms with E-state index in [1.165, 1.54) is 6.92 Å². The minimum Gasteiger partial charge on any atom is -0.427 e. The van der Waals surface area contributed by atoms with Crippen LogP contribution in [0, 0.1) is 0 Å². The van der Waals surface area contributed by atoms with Gasteiger partial charge in [-0.15, -0.1) is 0 Å². The molecule has 1 rings (SSSR count). The molecule has 1 aromatic rings. The molecule has 0 aliphatic carbocycles. The third-order valence-electron chi connectivity index (χ3n) is 1.87. The van der Waals surface area contributed by atoms with Crippen molar-refractivity contribution >= 4 is 29.0 Å². The molecule has 0 unspecified atom stereocenters. The van der Waals surface area contributed by atoms with E-state index >= 15 is 0 Å². The first-order chi connectivity index (χ1) is 7.99. The first kappa shape index (κ1) is 13.1. The third kappa shape index (κ3) is 4.60. The lowest BCUT2D eigenvalue weighted by atomic mass is 10.1. The van der Waals surface area contributed by atoms with Crippen molar-refractivity contribution in [3.8, 4) is 5.75 Å². The number of hydrogen-bond acceptors (Lipinski definition) is 4. The van der Waals surface area contributed by atoms with Gasteiger partial charge < -0.3 is 10.5 Å². The second kappa shape index (κ2) is 5.95. The Morgan fingerprint density at radius 3 is 2.41 bits per heavy atom. The van der Waals surface area contributed by atoms with E-state index in [2.05, 4.69) is 22.7 Å². The summed E-state index contributed by atoms with van der Waals surface area (Å²) in [4.78, 5) is 10.7. The Balaban J connectivity index is 2.76. The summed E-state index contributed by atoms with van der Waals surface area (Å²) in [5.74, 6) is 0.148. The molecule has 0 fully saturated rings. The van der Waals surface area contributed by atoms with Crippen LogP contribution in [0.4, 0.5) is 0 Å². The number of thiocarbonyl (C=S) groups is 1. The number of ether oxygens (including phenoxy) is 1. The van der Waals surface area contributed by atoms with Gasteiger partial charge in [-0.05, 0) is 49.0 Å². The van der Waals surface area contributed by atoms with E-state index in [1.807, 2.05) is 6.92 Å². The van der Waals surface area contributed by atoms with E-state index in [-0.39, 0.29) is 11.1 Å². The SMILES string of the molecule is CC(=O)Oc1ccc(/C(C)=N/NC(N)=S)cc1. The van der Waals surface area contributed by atoms with Crippen LogP contribution in [0.1, 0.15) is 19.4 Å². The summed E-state index contributed by atoms with van der Waals surface area (Å²) >= 11 is 4.63. The van der Waals surface area contributed by atoms with Gasteiger partial charge in [0.05, 0.1) is 5.71 Å². The Kier molecular flexibility index (Phi) is 4.59. The van der Waals surface area contributed by atoms with Crippen LogP contribution in [0.5, 0.6) is 5.75 Å². The zero-order valence-corrected chi connectivity index (χ0v) is 10.4. The van der Waals surface area contributed by atoms with Crippen molar-refractivity contribution in [3.63, 3.8) is 0 Å². The summed E-state index contributed by atoms with van der Waals surface area (Å²) in [5, 5.41) is 4.09. The fraction of sp³-hybridized carbons (Fsp3) is 0.182. The van der Waals surface area contributed by atoms with Crippen LogP contribution >= 0.6 is 12.2 Å². The molecular weight excluding hydrogens is 238 g/mol. The van der Waals surface area contributed by atoms with Crippen molar-refractivity contribution in [2.75, 3.05) is 0 Å². The normalized spacial score (nSPS) is 10.8. The molecule has 0 aromatic heterocycles. The summed E-state index contributed by atoms with van der Waals surface area (Å²) in [7, 11) is 0. The Morgan fingerprint density at radius 1 is 1.35 bits per heavy atom. The zero-order chi connectivity index (χ0) is 12.8. The van der Waals surface area contributed by atoms with Crippen molar-refractivity contribution in [1.82, 2.24) is 5.43 Å². The highest BCUT2D eigenvalue weighted by atomic mass is 32.1. The van der Waals surface area contributed by atoms with Gasteiger partial charge in [0.1, 0.15) is 5.75 Å². The van der Waals surface area contributed by atoms with Crippen molar-refractivity contribution in [2.45, 2.75) is 13.8 Å². The standard InChI is InChI=1S/C11H13N3O2S/c1-7(13-14-11(12)17)9-3-5-10(6-4-9)16-8(2)15/h3-6H,1-2H3,(H3,12,14,17)/b13-7+. The average Bonchev–Trinajstić information content (AvgIpc) is 2.26. The fourth-order valence-electron chi connectivity index (χ4n) is 1.13. The second-order valence-electron chi connectivity index (χ2n) is 3.29. The van der Waals surface area contributed by atoms with Crippen molar-refractivity contribution < 1.29 is 9.53 Å². The summed E-state index contributed by atoms with van der Waals surface area (Å²) in [6.07, 6.45) is 0. The molecule has 0 radical (unpaired) electrons. The lowest BCUT2D eigenvalue weighted by Gasteiger charge is -2.04. The highest BCUT2D eigenvalue weighted by Gasteiger charge is 2.00. The van der Waals surface area contributed by atoms with Crippen LogP contribution in [-0.2, 0) is 4.79 Å². The molecular formula is C11H13N3O2S. The topological polar surface area (TPSA) is 76.7 Å². The highest BCUT2D eigenvalue weighted by Crippen LogP contribution is 2.12. The number of nitrogens with two attached hydrogens (primary N) is 1. The molecule has 0 atom stereocenters. The van der Waals surface area contributed by atoms with Gasteiger partial charge in [0, 0.05) is 6.92 Å². The molecule has 5 nitrogen and oxygen atoms in total. The Hall–Kier alpha value is -1.95. The molecule has 0 aliphatic heterocycles. The van der Waals surface area contributed by atoms with Gasteiger partial charge in [0.15, 0.2) is 5.11 Å². The molecule has 0 saturated carbocycles. The van der Waals surface area contributed by atoms with Gasteiger partial charge in [-0.2, -0.15) is 5.10 Å². The van der Waals surface area contributed by atoms with Gasteiger partial charge in [-0.1, -0.05) is 0 Å².